The molecule has 0 heterocycles. The molecule has 1 aromatic rings. The summed E-state index contributed by atoms with van der Waals surface area (Å²) in [5, 5.41) is 0.808. The number of hydrogen-bond donors (Lipinski definition) is 1. The molecule has 2 N–H and O–H groups in total. The lowest BCUT2D eigenvalue weighted by Gasteiger charge is -2.42. The van der Waals surface area contributed by atoms with Gasteiger partial charge in [-0.15, -0.1) is 0 Å². The third-order valence-corrected chi connectivity index (χ3v) is 4.50. The van der Waals surface area contributed by atoms with Crippen LogP contribution in [0.15, 0.2) is 24.3 Å². The highest BCUT2D eigenvalue weighted by Crippen LogP contribution is 2.37. The van der Waals surface area contributed by atoms with Crippen molar-refractivity contribution in [3.63, 3.8) is 0 Å². The zero-order valence-corrected chi connectivity index (χ0v) is 11.5. The topological polar surface area (TPSA) is 26.0 Å². The highest BCUT2D eigenvalue weighted by molar-refractivity contribution is 6.30. The molecule has 2 rings (SSSR count). The molecule has 1 fully saturated rings. The van der Waals surface area contributed by atoms with Crippen molar-refractivity contribution >= 4 is 11.6 Å². The second kappa shape index (κ2) is 4.99. The Morgan fingerprint density at radius 2 is 2.18 bits per heavy atom. The van der Waals surface area contributed by atoms with Crippen LogP contribution in [0.4, 0.5) is 0 Å². The standard InChI is InChI=1S/C15H22ClN/c1-11-6-7-15(17,12(2)8-11)10-13-4-3-5-14(16)9-13/h3-5,9,11-12H,6-8,10,17H2,1-2H3. The first-order valence-corrected chi connectivity index (χ1v) is 6.91. The smallest absolute Gasteiger partial charge is 0.0408 e. The third-order valence-electron chi connectivity index (χ3n) is 4.26. The number of nitrogens with two attached hydrogens (primary N) is 1. The van der Waals surface area contributed by atoms with Crippen molar-refractivity contribution in [2.45, 2.75) is 45.1 Å². The third kappa shape index (κ3) is 3.02. The largest absolute Gasteiger partial charge is 0.325 e. The fourth-order valence-corrected chi connectivity index (χ4v) is 3.22. The highest BCUT2D eigenvalue weighted by atomic mass is 35.5. The average molecular weight is 252 g/mol. The fraction of sp³-hybridized carbons (Fsp3) is 0.600. The van der Waals surface area contributed by atoms with E-state index in [0.717, 1.165) is 23.8 Å². The molecule has 17 heavy (non-hydrogen) atoms. The van der Waals surface area contributed by atoms with Gasteiger partial charge >= 0.3 is 0 Å². The molecule has 1 aliphatic carbocycles. The van der Waals surface area contributed by atoms with Crippen LogP contribution in [0.25, 0.3) is 0 Å². The van der Waals surface area contributed by atoms with E-state index in [1.54, 1.807) is 0 Å². The van der Waals surface area contributed by atoms with Crippen molar-refractivity contribution in [1.82, 2.24) is 0 Å². The summed E-state index contributed by atoms with van der Waals surface area (Å²) >= 11 is 6.03. The first-order chi connectivity index (χ1) is 7.99. The Morgan fingerprint density at radius 3 is 2.82 bits per heavy atom. The predicted octanol–water partition coefficient (Wildman–Crippen LogP) is 4.04. The quantitative estimate of drug-likeness (QED) is 0.844. The van der Waals surface area contributed by atoms with Gasteiger partial charge in [-0.25, -0.2) is 0 Å². The van der Waals surface area contributed by atoms with Crippen molar-refractivity contribution in [2.24, 2.45) is 17.6 Å². The Hall–Kier alpha value is -0.530. The van der Waals surface area contributed by atoms with Crippen LogP contribution in [0.2, 0.25) is 5.02 Å². The van der Waals surface area contributed by atoms with Crippen LogP contribution in [-0.4, -0.2) is 5.54 Å². The Kier molecular flexibility index (Phi) is 3.79. The Balaban J connectivity index is 2.11. The molecule has 3 unspecified atom stereocenters. The summed E-state index contributed by atoms with van der Waals surface area (Å²) in [6.07, 6.45) is 4.57. The zero-order chi connectivity index (χ0) is 12.5. The molecule has 1 aromatic carbocycles. The van der Waals surface area contributed by atoms with Crippen LogP contribution < -0.4 is 5.73 Å². The molecular formula is C15H22ClN. The van der Waals surface area contributed by atoms with E-state index < -0.39 is 0 Å². The second-order valence-corrected chi connectivity index (χ2v) is 6.26. The van der Waals surface area contributed by atoms with E-state index >= 15 is 0 Å². The summed E-state index contributed by atoms with van der Waals surface area (Å²) in [6, 6.07) is 8.10. The van der Waals surface area contributed by atoms with Crippen LogP contribution in [0.1, 0.15) is 38.7 Å². The van der Waals surface area contributed by atoms with E-state index in [1.807, 2.05) is 18.2 Å². The lowest BCUT2D eigenvalue weighted by atomic mass is 9.68. The molecule has 2 heteroatoms. The van der Waals surface area contributed by atoms with Gasteiger partial charge in [-0.1, -0.05) is 37.6 Å². The van der Waals surface area contributed by atoms with Gasteiger partial charge in [-0.2, -0.15) is 0 Å². The first-order valence-electron chi connectivity index (χ1n) is 6.53. The van der Waals surface area contributed by atoms with Gasteiger partial charge in [0.2, 0.25) is 0 Å². The minimum atomic E-state index is -0.0445. The van der Waals surface area contributed by atoms with Crippen LogP contribution in [-0.2, 0) is 6.42 Å². The molecule has 0 aliphatic heterocycles. The van der Waals surface area contributed by atoms with Crippen molar-refractivity contribution in [1.29, 1.82) is 0 Å². The Labute approximate surface area is 109 Å². The minimum absolute atomic E-state index is 0.0445. The van der Waals surface area contributed by atoms with Gasteiger partial charge in [0.25, 0.3) is 0 Å². The summed E-state index contributed by atoms with van der Waals surface area (Å²) < 4.78 is 0. The van der Waals surface area contributed by atoms with Crippen LogP contribution in [0, 0.1) is 11.8 Å². The van der Waals surface area contributed by atoms with Crippen molar-refractivity contribution in [3.8, 4) is 0 Å². The number of rotatable bonds is 2. The molecule has 0 amide bonds. The maximum Gasteiger partial charge on any atom is 0.0408 e. The normalized spacial score (nSPS) is 33.6. The van der Waals surface area contributed by atoms with E-state index in [4.69, 9.17) is 17.3 Å². The van der Waals surface area contributed by atoms with E-state index in [9.17, 15) is 0 Å². The molecule has 0 bridgehead atoms. The minimum Gasteiger partial charge on any atom is -0.325 e. The van der Waals surface area contributed by atoms with Gasteiger partial charge < -0.3 is 5.73 Å². The van der Waals surface area contributed by atoms with Crippen molar-refractivity contribution < 1.29 is 0 Å². The monoisotopic (exact) mass is 251 g/mol. The number of hydrogen-bond acceptors (Lipinski definition) is 1. The maximum absolute atomic E-state index is 6.60. The SMILES string of the molecule is CC1CCC(N)(Cc2cccc(Cl)c2)C(C)C1. The summed E-state index contributed by atoms with van der Waals surface area (Å²) in [5.74, 6) is 1.41. The van der Waals surface area contributed by atoms with Crippen molar-refractivity contribution in [3.05, 3.63) is 34.9 Å². The Morgan fingerprint density at radius 1 is 1.41 bits per heavy atom. The summed E-state index contributed by atoms with van der Waals surface area (Å²) in [7, 11) is 0. The van der Waals surface area contributed by atoms with Gasteiger partial charge in [0.05, 0.1) is 0 Å². The molecule has 1 nitrogen and oxygen atoms in total. The van der Waals surface area contributed by atoms with E-state index in [2.05, 4.69) is 19.9 Å². The van der Waals surface area contributed by atoms with Crippen LogP contribution in [0.5, 0.6) is 0 Å². The van der Waals surface area contributed by atoms with Gasteiger partial charge in [0, 0.05) is 10.6 Å². The molecule has 3 atom stereocenters. The molecule has 0 spiro atoms. The second-order valence-electron chi connectivity index (χ2n) is 5.82. The molecule has 0 radical (unpaired) electrons. The number of benzene rings is 1. The molecule has 0 aromatic heterocycles. The molecule has 1 aliphatic rings. The highest BCUT2D eigenvalue weighted by Gasteiger charge is 2.36. The fourth-order valence-electron chi connectivity index (χ4n) is 3.01. The average Bonchev–Trinajstić information content (AvgIpc) is 2.25. The van der Waals surface area contributed by atoms with E-state index in [0.29, 0.717) is 5.92 Å². The van der Waals surface area contributed by atoms with Crippen LogP contribution in [0.3, 0.4) is 0 Å². The van der Waals surface area contributed by atoms with Gasteiger partial charge in [-0.3, -0.25) is 0 Å². The summed E-state index contributed by atoms with van der Waals surface area (Å²) in [4.78, 5) is 0. The lowest BCUT2D eigenvalue weighted by molar-refractivity contribution is 0.163. The lowest BCUT2D eigenvalue weighted by Crippen LogP contribution is -2.51. The maximum atomic E-state index is 6.60. The Bertz CT molecular complexity index is 390. The summed E-state index contributed by atoms with van der Waals surface area (Å²) in [6.45, 7) is 4.62. The van der Waals surface area contributed by atoms with Crippen LogP contribution >= 0.6 is 11.6 Å². The predicted molar refractivity (Wildman–Crippen MR) is 74.3 cm³/mol. The molecule has 1 saturated carbocycles. The van der Waals surface area contributed by atoms with Crippen molar-refractivity contribution in [2.75, 3.05) is 0 Å². The number of halogens is 1. The van der Waals surface area contributed by atoms with Gasteiger partial charge in [0.15, 0.2) is 0 Å². The van der Waals surface area contributed by atoms with Gasteiger partial charge in [0.1, 0.15) is 0 Å². The molecular weight excluding hydrogens is 230 g/mol. The molecule has 0 saturated heterocycles. The summed E-state index contributed by atoms with van der Waals surface area (Å²) in [5.41, 5.74) is 7.82. The van der Waals surface area contributed by atoms with Gasteiger partial charge in [-0.05, 0) is 55.2 Å². The molecule has 94 valence electrons. The van der Waals surface area contributed by atoms with E-state index in [1.165, 1.54) is 18.4 Å². The first kappa shape index (κ1) is 12.9. The van der Waals surface area contributed by atoms with E-state index in [-0.39, 0.29) is 5.54 Å². The zero-order valence-electron chi connectivity index (χ0n) is 10.7.